The van der Waals surface area contributed by atoms with Gasteiger partial charge in [-0.25, -0.2) is 0 Å². The normalized spacial score (nSPS) is 12.5. The average molecular weight is 1140 g/mol. The van der Waals surface area contributed by atoms with E-state index < -0.39 is 12.1 Å². The summed E-state index contributed by atoms with van der Waals surface area (Å²) in [6.07, 6.45) is 88.5. The van der Waals surface area contributed by atoms with Crippen LogP contribution in [0.3, 0.4) is 0 Å². The van der Waals surface area contributed by atoms with Crippen molar-refractivity contribution in [2.75, 3.05) is 13.2 Å². The second kappa shape index (κ2) is 71.1. The number of carbonyl (C=O) groups is 2. The van der Waals surface area contributed by atoms with Gasteiger partial charge in [0.25, 0.3) is 0 Å². The summed E-state index contributed by atoms with van der Waals surface area (Å²) in [7, 11) is 0. The number of unbranched alkanes of at least 4 members (excludes halogenated alkanes) is 58. The number of carbonyl (C=O) groups excluding carboxylic acids is 2. The van der Waals surface area contributed by atoms with E-state index in [1.165, 1.54) is 360 Å². The molecule has 0 aliphatic carbocycles. The van der Waals surface area contributed by atoms with Crippen molar-refractivity contribution in [3.63, 3.8) is 0 Å². The number of allylic oxidation sites excluding steroid dienone is 2. The Morgan fingerprint density at radius 3 is 0.877 bits per heavy atom. The Labute approximate surface area is 508 Å². The molecule has 0 spiro atoms. The SMILES string of the molecule is CCCCCCCCCCCCCCCCCCCCCC(O)C(CO)NC(=O)CCCCCCCCCCCCCCCCCC/C=C\CCCCCCCCCCCCCCOC(=O)CCCCCCCCCCCCCCC. The molecule has 0 saturated carbocycles. The van der Waals surface area contributed by atoms with Crippen molar-refractivity contribution in [1.82, 2.24) is 5.32 Å². The lowest BCUT2D eigenvalue weighted by atomic mass is 10.0. The van der Waals surface area contributed by atoms with E-state index in [2.05, 4.69) is 31.3 Å². The van der Waals surface area contributed by atoms with Crippen LogP contribution in [0.25, 0.3) is 0 Å². The van der Waals surface area contributed by atoms with Crippen molar-refractivity contribution >= 4 is 11.9 Å². The Morgan fingerprint density at radius 2 is 0.580 bits per heavy atom. The van der Waals surface area contributed by atoms with E-state index in [0.717, 1.165) is 38.5 Å². The number of esters is 1. The molecule has 0 fully saturated rings. The van der Waals surface area contributed by atoms with Crippen molar-refractivity contribution in [3.05, 3.63) is 12.2 Å². The number of rotatable bonds is 71. The van der Waals surface area contributed by atoms with Gasteiger partial charge in [0.2, 0.25) is 5.91 Å². The third kappa shape index (κ3) is 67.6. The predicted octanol–water partition coefficient (Wildman–Crippen LogP) is 24.3. The first-order chi connectivity index (χ1) is 40.0. The topological polar surface area (TPSA) is 95.9 Å². The lowest BCUT2D eigenvalue weighted by Crippen LogP contribution is -2.45. The quantitative estimate of drug-likeness (QED) is 0.0320. The summed E-state index contributed by atoms with van der Waals surface area (Å²) in [4.78, 5) is 24.6. The summed E-state index contributed by atoms with van der Waals surface area (Å²) in [5.74, 6) is -0.00664. The first-order valence-electron chi connectivity index (χ1n) is 37.4. The second-order valence-corrected chi connectivity index (χ2v) is 26.0. The fourth-order valence-electron chi connectivity index (χ4n) is 12.1. The van der Waals surface area contributed by atoms with Gasteiger partial charge in [-0.2, -0.15) is 0 Å². The Morgan fingerprint density at radius 1 is 0.333 bits per heavy atom. The van der Waals surface area contributed by atoms with Gasteiger partial charge < -0.3 is 20.3 Å². The van der Waals surface area contributed by atoms with Crippen LogP contribution >= 0.6 is 0 Å². The summed E-state index contributed by atoms with van der Waals surface area (Å²) >= 11 is 0. The zero-order valence-corrected chi connectivity index (χ0v) is 55.3. The maximum atomic E-state index is 12.5. The van der Waals surface area contributed by atoms with Crippen LogP contribution in [0.2, 0.25) is 0 Å². The molecule has 3 N–H and O–H groups in total. The van der Waals surface area contributed by atoms with Gasteiger partial charge in [0.15, 0.2) is 0 Å². The Balaban J connectivity index is 3.35. The van der Waals surface area contributed by atoms with Crippen molar-refractivity contribution in [3.8, 4) is 0 Å². The first-order valence-corrected chi connectivity index (χ1v) is 37.4. The van der Waals surface area contributed by atoms with E-state index in [1.807, 2.05) is 0 Å². The fraction of sp³-hybridized carbons (Fsp3) is 0.947. The number of aliphatic hydroxyl groups is 2. The number of nitrogens with one attached hydrogen (secondary N) is 1. The lowest BCUT2D eigenvalue weighted by molar-refractivity contribution is -0.143. The molecule has 2 unspecified atom stereocenters. The largest absolute Gasteiger partial charge is 0.466 e. The summed E-state index contributed by atoms with van der Waals surface area (Å²) in [5.41, 5.74) is 0. The van der Waals surface area contributed by atoms with Crippen LogP contribution in [0.15, 0.2) is 12.2 Å². The molecule has 1 amide bonds. The third-order valence-corrected chi connectivity index (χ3v) is 17.8. The molecule has 0 heterocycles. The molecule has 6 nitrogen and oxygen atoms in total. The molecule has 482 valence electrons. The van der Waals surface area contributed by atoms with Crippen LogP contribution in [-0.4, -0.2) is 47.4 Å². The highest BCUT2D eigenvalue weighted by atomic mass is 16.5. The number of hydrogen-bond acceptors (Lipinski definition) is 5. The minimum absolute atomic E-state index is 0.0208. The number of amides is 1. The molecule has 0 saturated heterocycles. The molecule has 0 radical (unpaired) electrons. The van der Waals surface area contributed by atoms with E-state index in [-0.39, 0.29) is 18.5 Å². The van der Waals surface area contributed by atoms with Gasteiger partial charge in [-0.1, -0.05) is 379 Å². The first kappa shape index (κ1) is 79.6. The maximum Gasteiger partial charge on any atom is 0.305 e. The molecule has 0 rings (SSSR count). The molecule has 81 heavy (non-hydrogen) atoms. The van der Waals surface area contributed by atoms with Crippen LogP contribution in [0.4, 0.5) is 0 Å². The van der Waals surface area contributed by atoms with E-state index >= 15 is 0 Å². The summed E-state index contributed by atoms with van der Waals surface area (Å²) in [6.45, 7) is 5.00. The molecule has 0 aliphatic rings. The van der Waals surface area contributed by atoms with Crippen molar-refractivity contribution in [1.29, 1.82) is 0 Å². The van der Waals surface area contributed by atoms with E-state index in [1.54, 1.807) is 0 Å². The fourth-order valence-corrected chi connectivity index (χ4v) is 12.1. The van der Waals surface area contributed by atoms with Crippen LogP contribution in [0.1, 0.15) is 431 Å². The van der Waals surface area contributed by atoms with Crippen LogP contribution < -0.4 is 5.32 Å². The minimum atomic E-state index is -0.662. The number of aliphatic hydroxyl groups excluding tert-OH is 2. The molecule has 0 aromatic heterocycles. The van der Waals surface area contributed by atoms with Gasteiger partial charge in [0, 0.05) is 12.8 Å². The highest BCUT2D eigenvalue weighted by Crippen LogP contribution is 2.20. The van der Waals surface area contributed by atoms with Gasteiger partial charge in [-0.3, -0.25) is 9.59 Å². The summed E-state index contributed by atoms with van der Waals surface area (Å²) < 4.78 is 5.49. The predicted molar refractivity (Wildman–Crippen MR) is 357 cm³/mol. The van der Waals surface area contributed by atoms with E-state index in [0.29, 0.717) is 25.9 Å². The van der Waals surface area contributed by atoms with Gasteiger partial charge in [-0.05, 0) is 51.4 Å². The Hall–Kier alpha value is -1.40. The highest BCUT2D eigenvalue weighted by molar-refractivity contribution is 5.76. The average Bonchev–Trinajstić information content (AvgIpc) is 3.47. The van der Waals surface area contributed by atoms with Crippen molar-refractivity contribution in [2.24, 2.45) is 0 Å². The van der Waals surface area contributed by atoms with Gasteiger partial charge in [0.05, 0.1) is 25.4 Å². The van der Waals surface area contributed by atoms with Crippen LogP contribution in [0, 0.1) is 0 Å². The zero-order valence-electron chi connectivity index (χ0n) is 55.3. The van der Waals surface area contributed by atoms with E-state index in [9.17, 15) is 19.8 Å². The van der Waals surface area contributed by atoms with E-state index in [4.69, 9.17) is 4.74 Å². The molecule has 0 aromatic rings. The molecule has 2 atom stereocenters. The van der Waals surface area contributed by atoms with Crippen molar-refractivity contribution < 1.29 is 24.5 Å². The summed E-state index contributed by atoms with van der Waals surface area (Å²) in [6, 6.07) is -0.539. The highest BCUT2D eigenvalue weighted by Gasteiger charge is 2.20. The van der Waals surface area contributed by atoms with Crippen LogP contribution in [0.5, 0.6) is 0 Å². The second-order valence-electron chi connectivity index (χ2n) is 26.0. The Kier molecular flexibility index (Phi) is 69.9. The molecule has 0 bridgehead atoms. The number of hydrogen-bond donors (Lipinski definition) is 3. The smallest absolute Gasteiger partial charge is 0.305 e. The molecular weight excluding hydrogens is 995 g/mol. The Bertz CT molecular complexity index is 1220. The minimum Gasteiger partial charge on any atom is -0.466 e. The molecule has 0 aromatic carbocycles. The van der Waals surface area contributed by atoms with Gasteiger partial charge in [0.1, 0.15) is 0 Å². The van der Waals surface area contributed by atoms with Gasteiger partial charge in [-0.15, -0.1) is 0 Å². The zero-order chi connectivity index (χ0) is 58.5. The van der Waals surface area contributed by atoms with Crippen LogP contribution in [-0.2, 0) is 14.3 Å². The maximum absolute atomic E-state index is 12.5. The van der Waals surface area contributed by atoms with Gasteiger partial charge >= 0.3 is 5.97 Å². The lowest BCUT2D eigenvalue weighted by Gasteiger charge is -2.22. The number of ether oxygens (including phenoxy) is 1. The standard InChI is InChI=1S/C75H147NO5/c1-3-5-7-9-11-13-15-17-18-19-34-37-40-44-47-51-55-59-63-67-73(78)72(71-77)76-74(79)68-64-60-56-52-48-45-41-38-35-32-30-28-26-24-22-20-21-23-25-27-29-31-33-36-39-42-46-50-54-58-62-66-70-81-75(80)69-65-61-57-53-49-43-16-14-12-10-8-6-4-2/h23,25,72-73,77-78H,3-22,24,26-71H2,1-2H3,(H,76,79)/b25-23-. The third-order valence-electron chi connectivity index (χ3n) is 17.8. The monoisotopic (exact) mass is 1140 g/mol. The summed E-state index contributed by atoms with van der Waals surface area (Å²) in [5, 5.41) is 23.4. The van der Waals surface area contributed by atoms with Crippen molar-refractivity contribution in [2.45, 2.75) is 443 Å². The molecule has 0 aliphatic heterocycles. The molecular formula is C75H147NO5. The molecule has 6 heteroatoms.